The van der Waals surface area contributed by atoms with Gasteiger partial charge in [-0.05, 0) is 64.2 Å². The Morgan fingerprint density at radius 3 is 1.95 bits per heavy atom. The molecule has 0 aromatic rings. The van der Waals surface area contributed by atoms with Crippen molar-refractivity contribution < 1.29 is 57.8 Å². The molecule has 0 radical (unpaired) electrons. The minimum absolute atomic E-state index is 0.00965. The van der Waals surface area contributed by atoms with Gasteiger partial charge in [0, 0.05) is 82.2 Å². The van der Waals surface area contributed by atoms with Crippen LogP contribution in [0.1, 0.15) is 138 Å². The molecule has 2 rings (SSSR count). The predicted octanol–water partition coefficient (Wildman–Crippen LogP) is 1.20. The van der Waals surface area contributed by atoms with E-state index in [1.165, 1.54) is 18.7 Å². The molecule has 354 valence electrons. The van der Waals surface area contributed by atoms with Gasteiger partial charge in [0.15, 0.2) is 23.1 Å². The van der Waals surface area contributed by atoms with Gasteiger partial charge in [0.25, 0.3) is 0 Å². The Hall–Kier alpha value is -4.71. The molecule has 5 amide bonds. The molecule has 2 aliphatic rings. The average molecular weight is 889 g/mol. The van der Waals surface area contributed by atoms with E-state index in [4.69, 9.17) is 5.73 Å². The highest BCUT2D eigenvalue weighted by Gasteiger charge is 2.36. The summed E-state index contributed by atoms with van der Waals surface area (Å²) in [5, 5.41) is 20.4. The van der Waals surface area contributed by atoms with Crippen molar-refractivity contribution in [1.82, 2.24) is 26.2 Å². The van der Waals surface area contributed by atoms with Crippen LogP contribution in [0.2, 0.25) is 0 Å². The Morgan fingerprint density at radius 1 is 0.746 bits per heavy atom. The molecule has 0 unspecified atom stereocenters. The molecule has 63 heavy (non-hydrogen) atoms. The number of ketones is 6. The first kappa shape index (κ1) is 54.4. The second-order valence-electron chi connectivity index (χ2n) is 18.3. The number of amides is 5. The van der Waals surface area contributed by atoms with E-state index in [2.05, 4.69) is 21.3 Å². The monoisotopic (exact) mass is 889 g/mol. The number of nitrogens with zero attached hydrogens (tertiary/aromatic N) is 1. The van der Waals surface area contributed by atoms with Crippen molar-refractivity contribution >= 4 is 64.2 Å². The van der Waals surface area contributed by atoms with Crippen molar-refractivity contribution in [2.75, 3.05) is 19.6 Å². The maximum Gasteiger partial charge on any atom is 0.224 e. The van der Waals surface area contributed by atoms with Crippen molar-refractivity contribution in [2.45, 2.75) is 169 Å². The minimum Gasteiger partial charge on any atom is -0.392 e. The number of aliphatic hydroxyl groups excluding tert-OH is 1. The van der Waals surface area contributed by atoms with Gasteiger partial charge in [-0.1, -0.05) is 34.6 Å². The molecule has 18 nitrogen and oxygen atoms in total. The van der Waals surface area contributed by atoms with Gasteiger partial charge in [-0.15, -0.1) is 0 Å². The number of carbonyl (C=O) groups excluding carboxylic acids is 11. The standard InChI is InChI=1S/C45H72N6O12/c1-25(2)17-30(45(63)49-28(6)37(55)12-15-43(61)51-16-8-9-36(51)40(58)19-27(5)29(7)52)20-32(53)24-48-44(62)31(18-26(3)4)21-39(57)34(10-13-41(46)59)50-42(60)14-11-38(56)35-22-33(54)23-47-35/h25-28,30-31,33-36,47,54H,8-24H2,1-7H3,(H2,46,59)(H,48,62)(H,49,63)(H,50,60)/t27-,28+,30-,31-,33+,34+,35-,36+/m1/s1. The van der Waals surface area contributed by atoms with Crippen molar-refractivity contribution in [3.8, 4) is 0 Å². The molecule has 0 aliphatic carbocycles. The largest absolute Gasteiger partial charge is 0.392 e. The van der Waals surface area contributed by atoms with Crippen LogP contribution >= 0.6 is 0 Å². The van der Waals surface area contributed by atoms with Crippen LogP contribution in [0.25, 0.3) is 0 Å². The number of aliphatic hydroxyl groups is 1. The predicted molar refractivity (Wildman–Crippen MR) is 231 cm³/mol. The number of Topliss-reactive ketones (excluding diaryl/α,β-unsaturated/α-hetero) is 6. The lowest BCUT2D eigenvalue weighted by molar-refractivity contribution is -0.139. The zero-order valence-corrected chi connectivity index (χ0v) is 38.3. The lowest BCUT2D eigenvalue weighted by atomic mass is 9.88. The van der Waals surface area contributed by atoms with Gasteiger partial charge in [-0.2, -0.15) is 0 Å². The molecule has 0 spiro atoms. The number of nitrogens with one attached hydrogen (secondary N) is 4. The van der Waals surface area contributed by atoms with Gasteiger partial charge in [0.05, 0.1) is 36.8 Å². The Balaban J connectivity index is 1.98. The van der Waals surface area contributed by atoms with Crippen LogP contribution in [-0.2, 0) is 52.7 Å². The number of β-amino-alcohol motifs (C(OH)–C–C–N with tert-alkyl or cyclic N) is 1. The highest BCUT2D eigenvalue weighted by molar-refractivity contribution is 5.97. The summed E-state index contributed by atoms with van der Waals surface area (Å²) in [4.78, 5) is 143. The molecule has 0 bridgehead atoms. The molecular formula is C45H72N6O12. The van der Waals surface area contributed by atoms with Crippen LogP contribution in [0.3, 0.4) is 0 Å². The van der Waals surface area contributed by atoms with Crippen LogP contribution < -0.4 is 27.0 Å². The summed E-state index contributed by atoms with van der Waals surface area (Å²) in [5.74, 6) is -6.96. The average Bonchev–Trinajstić information content (AvgIpc) is 3.88. The van der Waals surface area contributed by atoms with E-state index < -0.39 is 95.5 Å². The van der Waals surface area contributed by atoms with Gasteiger partial charge < -0.3 is 37.0 Å². The fraction of sp³-hybridized carbons (Fsp3) is 0.756. The molecule has 0 aromatic heterocycles. The van der Waals surface area contributed by atoms with E-state index >= 15 is 0 Å². The fourth-order valence-corrected chi connectivity index (χ4v) is 7.99. The molecule has 2 fully saturated rings. The summed E-state index contributed by atoms with van der Waals surface area (Å²) >= 11 is 0. The van der Waals surface area contributed by atoms with Gasteiger partial charge >= 0.3 is 0 Å². The van der Waals surface area contributed by atoms with Gasteiger partial charge in [0.1, 0.15) is 11.6 Å². The summed E-state index contributed by atoms with van der Waals surface area (Å²) in [6, 6.07) is -3.34. The van der Waals surface area contributed by atoms with E-state index in [0.29, 0.717) is 25.8 Å². The van der Waals surface area contributed by atoms with Crippen LogP contribution in [0.15, 0.2) is 0 Å². The van der Waals surface area contributed by atoms with Crippen LogP contribution in [-0.4, -0.2) is 124 Å². The molecule has 0 saturated carbocycles. The lowest BCUT2D eigenvalue weighted by Crippen LogP contribution is -2.45. The number of primary amides is 1. The van der Waals surface area contributed by atoms with Crippen LogP contribution in [0, 0.1) is 29.6 Å². The molecule has 2 aliphatic heterocycles. The van der Waals surface area contributed by atoms with Gasteiger partial charge in [-0.25, -0.2) is 0 Å². The first-order valence-corrected chi connectivity index (χ1v) is 22.5. The second-order valence-corrected chi connectivity index (χ2v) is 18.3. The summed E-state index contributed by atoms with van der Waals surface area (Å²) in [7, 11) is 0. The SMILES string of the molecule is CC(=O)[C@H](C)CC(=O)[C@@H]1CCCN1C(=O)CCC(=O)[C@H](C)NC(=O)[C@@H](CC(=O)CNC(=O)[C@@H](CC(=O)[C@H](CCC(N)=O)NC(=O)CCC(=O)[C@H]1C[C@H](O)CN1)CC(C)C)CC(C)C. The number of carbonyl (C=O) groups is 11. The number of likely N-dealkylation sites (tertiary alicyclic amines) is 1. The third-order valence-electron chi connectivity index (χ3n) is 11.7. The Kier molecular flexibility index (Phi) is 23.2. The summed E-state index contributed by atoms with van der Waals surface area (Å²) in [5.41, 5.74) is 5.32. The molecule has 2 heterocycles. The maximum atomic E-state index is 13.6. The van der Waals surface area contributed by atoms with Gasteiger partial charge in [0.2, 0.25) is 29.5 Å². The fourth-order valence-electron chi connectivity index (χ4n) is 7.99. The zero-order chi connectivity index (χ0) is 47.6. The first-order valence-electron chi connectivity index (χ1n) is 22.5. The topological polar surface area (TPSA) is 285 Å². The van der Waals surface area contributed by atoms with E-state index in [1.807, 2.05) is 27.7 Å². The lowest BCUT2D eigenvalue weighted by Gasteiger charge is -2.25. The highest BCUT2D eigenvalue weighted by atomic mass is 16.3. The van der Waals surface area contributed by atoms with E-state index in [-0.39, 0.29) is 112 Å². The van der Waals surface area contributed by atoms with Gasteiger partial charge in [-0.3, -0.25) is 52.7 Å². The number of hydrogen-bond donors (Lipinski definition) is 6. The highest BCUT2D eigenvalue weighted by Crippen LogP contribution is 2.24. The van der Waals surface area contributed by atoms with Crippen molar-refractivity contribution in [2.24, 2.45) is 35.3 Å². The third-order valence-corrected chi connectivity index (χ3v) is 11.7. The Bertz CT molecular complexity index is 1680. The Morgan fingerprint density at radius 2 is 1.38 bits per heavy atom. The summed E-state index contributed by atoms with van der Waals surface area (Å²) in [6.45, 7) is 12.2. The number of rotatable bonds is 30. The molecule has 0 aromatic carbocycles. The summed E-state index contributed by atoms with van der Waals surface area (Å²) < 4.78 is 0. The van der Waals surface area contributed by atoms with E-state index in [0.717, 1.165) is 0 Å². The quantitative estimate of drug-likeness (QED) is 0.0592. The normalized spacial score (nSPS) is 19.7. The van der Waals surface area contributed by atoms with Crippen LogP contribution in [0.5, 0.6) is 0 Å². The van der Waals surface area contributed by atoms with Crippen molar-refractivity contribution in [3.63, 3.8) is 0 Å². The number of hydrogen-bond acceptors (Lipinski definition) is 13. The Labute approximate surface area is 371 Å². The smallest absolute Gasteiger partial charge is 0.224 e. The summed E-state index contributed by atoms with van der Waals surface area (Å²) in [6.07, 6.45) is -0.285. The molecule has 7 N–H and O–H groups in total. The molecule has 18 heteroatoms. The third kappa shape index (κ3) is 19.7. The maximum absolute atomic E-state index is 13.6. The zero-order valence-electron chi connectivity index (χ0n) is 38.3. The first-order chi connectivity index (χ1) is 29.5. The van der Waals surface area contributed by atoms with Crippen LogP contribution in [0.4, 0.5) is 0 Å². The minimum atomic E-state index is -1.16. The second kappa shape index (κ2) is 26.8. The molecular weight excluding hydrogens is 817 g/mol. The molecule has 8 atom stereocenters. The number of nitrogens with two attached hydrogens (primary N) is 1. The molecule has 2 saturated heterocycles. The van der Waals surface area contributed by atoms with E-state index in [9.17, 15) is 57.8 Å². The van der Waals surface area contributed by atoms with Crippen molar-refractivity contribution in [3.05, 3.63) is 0 Å². The van der Waals surface area contributed by atoms with Crippen molar-refractivity contribution in [1.29, 1.82) is 0 Å². The van der Waals surface area contributed by atoms with E-state index in [1.54, 1.807) is 6.92 Å².